The van der Waals surface area contributed by atoms with E-state index < -0.39 is 0 Å². The Morgan fingerprint density at radius 1 is 1.45 bits per heavy atom. The monoisotopic (exact) mass is 295 g/mol. The van der Waals surface area contributed by atoms with E-state index in [2.05, 4.69) is 21.5 Å². The number of rotatable bonds is 4. The first-order valence-electron chi connectivity index (χ1n) is 7.10. The zero-order valence-corrected chi connectivity index (χ0v) is 12.4. The molecule has 2 heterocycles. The topological polar surface area (TPSA) is 21.1 Å². The summed E-state index contributed by atoms with van der Waals surface area (Å²) in [6, 6.07) is 5.29. The van der Waals surface area contributed by atoms with Gasteiger partial charge in [-0.2, -0.15) is 0 Å². The molecular formula is C15H19ClFN3. The molecule has 0 aliphatic carbocycles. The number of aromatic nitrogens is 2. The number of hydrogen-bond donors (Lipinski definition) is 0. The molecule has 1 unspecified atom stereocenters. The van der Waals surface area contributed by atoms with Crippen LogP contribution in [0, 0.1) is 5.82 Å². The maximum atomic E-state index is 13.5. The van der Waals surface area contributed by atoms with Crippen molar-refractivity contribution < 1.29 is 4.39 Å². The van der Waals surface area contributed by atoms with Crippen molar-refractivity contribution in [2.45, 2.75) is 31.8 Å². The summed E-state index contributed by atoms with van der Waals surface area (Å²) in [7, 11) is 2.15. The summed E-state index contributed by atoms with van der Waals surface area (Å²) in [5, 5.41) is 0. The smallest absolute Gasteiger partial charge is 0.125 e. The van der Waals surface area contributed by atoms with Crippen LogP contribution in [0.4, 0.5) is 4.39 Å². The van der Waals surface area contributed by atoms with E-state index in [0.717, 1.165) is 29.9 Å². The van der Waals surface area contributed by atoms with E-state index >= 15 is 0 Å². The van der Waals surface area contributed by atoms with Gasteiger partial charge in [-0.25, -0.2) is 9.37 Å². The Balaban J connectivity index is 2.01. The number of benzene rings is 1. The van der Waals surface area contributed by atoms with Gasteiger partial charge in [0.05, 0.1) is 11.0 Å². The fourth-order valence-electron chi connectivity index (χ4n) is 3.05. The Hall–Kier alpha value is -1.13. The average Bonchev–Trinajstić information content (AvgIpc) is 2.96. The van der Waals surface area contributed by atoms with E-state index in [9.17, 15) is 4.39 Å². The third kappa shape index (κ3) is 2.54. The Labute approximate surface area is 123 Å². The van der Waals surface area contributed by atoms with E-state index in [4.69, 9.17) is 11.6 Å². The summed E-state index contributed by atoms with van der Waals surface area (Å²) in [4.78, 5) is 6.97. The molecule has 0 bridgehead atoms. The highest BCUT2D eigenvalue weighted by molar-refractivity contribution is 6.17. The van der Waals surface area contributed by atoms with Crippen LogP contribution >= 0.6 is 11.6 Å². The van der Waals surface area contributed by atoms with Gasteiger partial charge in [0.15, 0.2) is 0 Å². The zero-order chi connectivity index (χ0) is 14.1. The molecule has 1 aliphatic rings. The molecule has 2 aromatic rings. The quantitative estimate of drug-likeness (QED) is 0.809. The van der Waals surface area contributed by atoms with Crippen LogP contribution in [0.15, 0.2) is 18.2 Å². The molecule has 3 nitrogen and oxygen atoms in total. The molecule has 0 amide bonds. The lowest BCUT2D eigenvalue weighted by atomic mass is 10.2. The number of likely N-dealkylation sites (tertiary alicyclic amines) is 1. The maximum Gasteiger partial charge on any atom is 0.125 e. The fraction of sp³-hybridized carbons (Fsp3) is 0.533. The van der Waals surface area contributed by atoms with Gasteiger partial charge >= 0.3 is 0 Å². The number of alkyl halides is 1. The van der Waals surface area contributed by atoms with Crippen molar-refractivity contribution >= 4 is 22.6 Å². The number of aryl methyl sites for hydroxylation is 1. The van der Waals surface area contributed by atoms with Gasteiger partial charge in [-0.15, -0.1) is 11.6 Å². The highest BCUT2D eigenvalue weighted by Crippen LogP contribution is 2.23. The van der Waals surface area contributed by atoms with Gasteiger partial charge in [0.2, 0.25) is 0 Å². The number of nitrogens with zero attached hydrogens (tertiary/aromatic N) is 3. The molecule has 1 saturated heterocycles. The van der Waals surface area contributed by atoms with Crippen LogP contribution in [0.2, 0.25) is 0 Å². The summed E-state index contributed by atoms with van der Waals surface area (Å²) in [6.45, 7) is 2.00. The van der Waals surface area contributed by atoms with Crippen LogP contribution in [0.5, 0.6) is 0 Å². The summed E-state index contributed by atoms with van der Waals surface area (Å²) >= 11 is 5.87. The standard InChI is InChI=1S/C15H19ClFN3/c1-19-8-2-3-12(19)10-20-14-9-11(17)4-5-13(14)18-15(20)6-7-16/h4-5,9,12H,2-3,6-8,10H2,1H3. The van der Waals surface area contributed by atoms with Gasteiger partial charge in [-0.05, 0) is 44.6 Å². The summed E-state index contributed by atoms with van der Waals surface area (Å²) in [5.41, 5.74) is 1.73. The lowest BCUT2D eigenvalue weighted by Crippen LogP contribution is -2.30. The van der Waals surface area contributed by atoms with Crippen molar-refractivity contribution in [2.24, 2.45) is 0 Å². The largest absolute Gasteiger partial charge is 0.326 e. The Bertz CT molecular complexity index is 610. The lowest BCUT2D eigenvalue weighted by molar-refractivity contribution is 0.282. The van der Waals surface area contributed by atoms with E-state index in [-0.39, 0.29) is 5.82 Å². The SMILES string of the molecule is CN1CCCC1Cn1c(CCCl)nc2ccc(F)cc21. The first kappa shape index (κ1) is 13.8. The molecule has 0 N–H and O–H groups in total. The Morgan fingerprint density at radius 3 is 3.00 bits per heavy atom. The molecule has 1 aromatic carbocycles. The van der Waals surface area contributed by atoms with Crippen LogP contribution in [-0.2, 0) is 13.0 Å². The molecular weight excluding hydrogens is 277 g/mol. The van der Waals surface area contributed by atoms with E-state index in [1.54, 1.807) is 12.1 Å². The van der Waals surface area contributed by atoms with Crippen LogP contribution < -0.4 is 0 Å². The number of halogens is 2. The first-order valence-corrected chi connectivity index (χ1v) is 7.63. The first-order chi connectivity index (χ1) is 9.69. The summed E-state index contributed by atoms with van der Waals surface area (Å²) < 4.78 is 15.7. The van der Waals surface area contributed by atoms with Gasteiger partial charge < -0.3 is 9.47 Å². The minimum Gasteiger partial charge on any atom is -0.326 e. The predicted molar refractivity (Wildman–Crippen MR) is 79.8 cm³/mol. The maximum absolute atomic E-state index is 13.5. The van der Waals surface area contributed by atoms with Gasteiger partial charge in [0.1, 0.15) is 11.6 Å². The molecule has 3 rings (SSSR count). The van der Waals surface area contributed by atoms with Crippen LogP contribution in [0.25, 0.3) is 11.0 Å². The van der Waals surface area contributed by atoms with Gasteiger partial charge in [-0.3, -0.25) is 0 Å². The molecule has 0 spiro atoms. The summed E-state index contributed by atoms with van der Waals surface area (Å²) in [5.74, 6) is 1.28. The molecule has 1 aliphatic heterocycles. The normalized spacial score (nSPS) is 20.1. The van der Waals surface area contributed by atoms with Crippen molar-refractivity contribution in [3.05, 3.63) is 29.8 Å². The van der Waals surface area contributed by atoms with Crippen molar-refractivity contribution in [1.29, 1.82) is 0 Å². The summed E-state index contributed by atoms with van der Waals surface area (Å²) in [6.07, 6.45) is 3.13. The van der Waals surface area contributed by atoms with Gasteiger partial charge in [0, 0.05) is 24.9 Å². The van der Waals surface area contributed by atoms with Crippen molar-refractivity contribution in [1.82, 2.24) is 14.5 Å². The number of likely N-dealkylation sites (N-methyl/N-ethyl adjacent to an activating group) is 1. The average molecular weight is 296 g/mol. The molecule has 0 radical (unpaired) electrons. The molecule has 108 valence electrons. The highest BCUT2D eigenvalue weighted by atomic mass is 35.5. The highest BCUT2D eigenvalue weighted by Gasteiger charge is 2.23. The molecule has 1 fully saturated rings. The minimum atomic E-state index is -0.212. The van der Waals surface area contributed by atoms with Crippen LogP contribution in [0.3, 0.4) is 0 Å². The molecule has 1 aromatic heterocycles. The minimum absolute atomic E-state index is 0.212. The van der Waals surface area contributed by atoms with Crippen molar-refractivity contribution in [3.8, 4) is 0 Å². The van der Waals surface area contributed by atoms with E-state index in [1.165, 1.54) is 18.9 Å². The lowest BCUT2D eigenvalue weighted by Gasteiger charge is -2.21. The number of imidazole rings is 1. The van der Waals surface area contributed by atoms with E-state index in [1.807, 2.05) is 0 Å². The number of hydrogen-bond acceptors (Lipinski definition) is 2. The molecule has 0 saturated carbocycles. The molecule has 5 heteroatoms. The second kappa shape index (κ2) is 5.70. The van der Waals surface area contributed by atoms with Crippen molar-refractivity contribution in [3.63, 3.8) is 0 Å². The Morgan fingerprint density at radius 2 is 2.30 bits per heavy atom. The van der Waals surface area contributed by atoms with Crippen LogP contribution in [-0.4, -0.2) is 40.0 Å². The fourth-order valence-corrected chi connectivity index (χ4v) is 3.21. The predicted octanol–water partition coefficient (Wildman–Crippen LogP) is 3.05. The van der Waals surface area contributed by atoms with Gasteiger partial charge in [-0.1, -0.05) is 0 Å². The number of fused-ring (bicyclic) bond motifs is 1. The Kier molecular flexibility index (Phi) is 3.94. The second-order valence-corrected chi connectivity index (χ2v) is 5.87. The zero-order valence-electron chi connectivity index (χ0n) is 11.6. The van der Waals surface area contributed by atoms with Gasteiger partial charge in [0.25, 0.3) is 0 Å². The molecule has 1 atom stereocenters. The van der Waals surface area contributed by atoms with Crippen LogP contribution in [0.1, 0.15) is 18.7 Å². The molecule has 20 heavy (non-hydrogen) atoms. The second-order valence-electron chi connectivity index (χ2n) is 5.49. The third-order valence-corrected chi connectivity index (χ3v) is 4.36. The third-order valence-electron chi connectivity index (χ3n) is 4.17. The van der Waals surface area contributed by atoms with E-state index in [0.29, 0.717) is 18.3 Å². The van der Waals surface area contributed by atoms with Crippen molar-refractivity contribution in [2.75, 3.05) is 19.5 Å².